The van der Waals surface area contributed by atoms with Gasteiger partial charge in [-0.25, -0.2) is 22.8 Å². The van der Waals surface area contributed by atoms with E-state index in [4.69, 9.17) is 8.22 Å². The second kappa shape index (κ2) is 38.9. The second-order valence-corrected chi connectivity index (χ2v) is 26.8. The summed E-state index contributed by atoms with van der Waals surface area (Å²) in [6.45, 7) is 34.2. The fraction of sp³-hybridized carbons (Fsp3) is 0.409. The first-order valence-electron chi connectivity index (χ1n) is 39.7. The standard InChI is InChI=1S/3C19H26N.2C18H24N/c2*1-6-16(7-2)18-12-19(20(5)13-15(18)4)17-11-9-8-10-14(17)3;1-6-16(7-2)18-13-20(5)19(12-15(18)4)17-11-9-8-10-14(17)3;2*1-5-15(6-2)16-11-12-19(4)18(13-16)17-10-8-7-9-14(17)3/h3*8-13,16H,6-7H2,1-5H3;2*7-13,15H,5-6H2,1-4H3/q5*+1/i4D3,16D;;16D;15D;. The third-order valence-electron chi connectivity index (χ3n) is 20.3. The van der Waals surface area contributed by atoms with Crippen molar-refractivity contribution in [2.24, 2.45) is 35.2 Å². The van der Waals surface area contributed by atoms with E-state index in [2.05, 4.69) is 302 Å². The van der Waals surface area contributed by atoms with E-state index in [1.54, 1.807) is 6.20 Å². The van der Waals surface area contributed by atoms with Crippen molar-refractivity contribution in [1.82, 2.24) is 0 Å². The predicted molar refractivity (Wildman–Crippen MR) is 420 cm³/mol. The van der Waals surface area contributed by atoms with Crippen LogP contribution in [0.2, 0.25) is 0 Å². The van der Waals surface area contributed by atoms with E-state index >= 15 is 0 Å². The molecule has 0 fully saturated rings. The van der Waals surface area contributed by atoms with Crippen LogP contribution in [0.25, 0.3) is 56.3 Å². The lowest BCUT2D eigenvalue weighted by molar-refractivity contribution is -0.661. The van der Waals surface area contributed by atoms with Gasteiger partial charge in [0, 0.05) is 95.2 Å². The van der Waals surface area contributed by atoms with Gasteiger partial charge in [-0.05, 0) is 235 Å². The topological polar surface area (TPSA) is 19.4 Å². The van der Waals surface area contributed by atoms with Crippen molar-refractivity contribution in [2.45, 2.75) is 218 Å². The smallest absolute Gasteiger partial charge is 0.201 e. The Bertz CT molecular complexity index is 4430. The van der Waals surface area contributed by atoms with Gasteiger partial charge in [-0.3, -0.25) is 0 Å². The molecular formula is C93H126N5+5. The zero-order valence-electron chi connectivity index (χ0n) is 70.4. The molecule has 10 aromatic rings. The third-order valence-corrected chi connectivity index (χ3v) is 20.3. The maximum atomic E-state index is 8.80. The average molecular weight is 1320 g/mol. The molecule has 5 aromatic carbocycles. The Hall–Kier alpha value is -8.15. The zero-order valence-corrected chi connectivity index (χ0v) is 64.4. The van der Waals surface area contributed by atoms with Crippen LogP contribution in [0.4, 0.5) is 0 Å². The Morgan fingerprint density at radius 1 is 0.276 bits per heavy atom. The second-order valence-electron chi connectivity index (χ2n) is 26.8. The van der Waals surface area contributed by atoms with Crippen molar-refractivity contribution in [1.29, 1.82) is 0 Å². The minimum absolute atomic E-state index is 0.279. The van der Waals surface area contributed by atoms with E-state index in [0.29, 0.717) is 30.2 Å². The van der Waals surface area contributed by atoms with Gasteiger partial charge >= 0.3 is 0 Å². The maximum absolute atomic E-state index is 8.80. The van der Waals surface area contributed by atoms with Gasteiger partial charge in [0.1, 0.15) is 35.2 Å². The van der Waals surface area contributed by atoms with Crippen molar-refractivity contribution in [3.63, 3.8) is 0 Å². The number of hydrogen-bond acceptors (Lipinski definition) is 0. The number of pyridine rings is 5. The minimum atomic E-state index is -2.23. The highest BCUT2D eigenvalue weighted by atomic mass is 14.9. The molecule has 5 nitrogen and oxygen atoms in total. The van der Waals surface area contributed by atoms with E-state index in [9.17, 15) is 0 Å². The van der Waals surface area contributed by atoms with Gasteiger partial charge in [0.15, 0.2) is 31.0 Å². The molecule has 0 N–H and O–H groups in total. The highest BCUT2D eigenvalue weighted by molar-refractivity contribution is 5.65. The summed E-state index contributed by atoms with van der Waals surface area (Å²) in [5.41, 5.74) is 27.3. The molecule has 0 aliphatic rings. The maximum Gasteiger partial charge on any atom is 0.212 e. The Labute approximate surface area is 604 Å². The highest BCUT2D eigenvalue weighted by Crippen LogP contribution is 2.34. The van der Waals surface area contributed by atoms with Gasteiger partial charge in [0.2, 0.25) is 28.5 Å². The van der Waals surface area contributed by atoms with E-state index in [1.165, 1.54) is 115 Å². The number of aryl methyl sites for hydroxylation is 13. The SMILES string of the molecule is CCC(CC)c1cc(-c2ccccc2C)[n+](C)cc1C.CCC(CC)c1cc[n+](C)c(-c2ccccc2C)c1.[2H]C(CC)(CC)c1c[n+](C)c(-c2ccccc2C)cc1C.[2H]C(CC)(CC)c1cc[n+](C)c(-c2ccccc2C)c1.[2H]C([2H])([2H])c1c[n+](C)c(-c2ccccc2C)cc1C([2H])(CC)CC. The number of aromatic nitrogens is 5. The molecule has 0 saturated carbocycles. The number of hydrogen-bond donors (Lipinski definition) is 0. The summed E-state index contributed by atoms with van der Waals surface area (Å²) in [7, 11) is 10.3. The monoisotopic (exact) mass is 1320 g/mol. The Kier molecular flexibility index (Phi) is 27.6. The van der Waals surface area contributed by atoms with E-state index in [1.807, 2.05) is 62.7 Å². The van der Waals surface area contributed by atoms with Gasteiger partial charge in [0.25, 0.3) is 0 Å². The molecule has 5 heteroatoms. The summed E-state index contributed by atoms with van der Waals surface area (Å²) in [6, 6.07) is 57.6. The molecule has 0 saturated heterocycles. The van der Waals surface area contributed by atoms with Crippen LogP contribution in [-0.2, 0) is 35.2 Å². The Balaban J connectivity index is 0.000000204. The van der Waals surface area contributed by atoms with E-state index < -0.39 is 24.5 Å². The van der Waals surface area contributed by atoms with Gasteiger partial charge < -0.3 is 0 Å². The molecule has 0 bridgehead atoms. The van der Waals surface area contributed by atoms with Gasteiger partial charge in [-0.1, -0.05) is 160 Å². The molecule has 0 spiro atoms. The molecular weight excluding hydrogens is 1190 g/mol. The van der Waals surface area contributed by atoms with Crippen LogP contribution in [0.3, 0.4) is 0 Å². The van der Waals surface area contributed by atoms with Gasteiger partial charge in [-0.15, -0.1) is 0 Å². The van der Waals surface area contributed by atoms with Crippen molar-refractivity contribution in [3.05, 3.63) is 267 Å². The molecule has 10 rings (SSSR count). The molecule has 518 valence electrons. The molecule has 0 aliphatic heterocycles. The molecule has 0 amide bonds. The average Bonchev–Trinajstić information content (AvgIpc) is 0.762. The molecule has 98 heavy (non-hydrogen) atoms. The lowest BCUT2D eigenvalue weighted by Crippen LogP contribution is -2.32. The molecule has 0 unspecified atom stereocenters. The summed E-state index contributed by atoms with van der Waals surface area (Å²) < 4.78 is 60.5. The van der Waals surface area contributed by atoms with Crippen molar-refractivity contribution in [2.75, 3.05) is 0 Å². The summed E-state index contributed by atoms with van der Waals surface area (Å²) in [4.78, 5) is 0. The first kappa shape index (κ1) is 69.7. The molecule has 0 atom stereocenters. The van der Waals surface area contributed by atoms with Gasteiger partial charge in [0.05, 0.1) is 0 Å². The van der Waals surface area contributed by atoms with Crippen LogP contribution in [0, 0.1) is 55.3 Å². The minimum Gasteiger partial charge on any atom is -0.201 e. The van der Waals surface area contributed by atoms with E-state index in [0.717, 1.165) is 53.6 Å². The summed E-state index contributed by atoms with van der Waals surface area (Å²) in [5, 5.41) is 0. The Morgan fingerprint density at radius 3 is 0.939 bits per heavy atom. The lowest BCUT2D eigenvalue weighted by Gasteiger charge is -2.16. The quantitative estimate of drug-likeness (QED) is 0.0678. The molecule has 0 radical (unpaired) electrons. The molecule has 5 heterocycles. The summed E-state index contributed by atoms with van der Waals surface area (Å²) in [5.74, 6) is -0.518. The van der Waals surface area contributed by atoms with Crippen LogP contribution < -0.4 is 22.8 Å². The van der Waals surface area contributed by atoms with Crippen LogP contribution in [0.5, 0.6) is 0 Å². The highest BCUT2D eigenvalue weighted by Gasteiger charge is 2.24. The Morgan fingerprint density at radius 2 is 0.582 bits per heavy atom. The first-order valence-corrected chi connectivity index (χ1v) is 36.7. The fourth-order valence-electron chi connectivity index (χ4n) is 14.0. The van der Waals surface area contributed by atoms with Crippen LogP contribution in [0.15, 0.2) is 195 Å². The number of nitrogens with zero attached hydrogens (tertiary/aromatic N) is 5. The number of benzene rings is 5. The first-order chi connectivity index (χ1) is 49.3. The van der Waals surface area contributed by atoms with Crippen molar-refractivity contribution < 1.29 is 31.1 Å². The molecule has 5 aromatic heterocycles. The normalized spacial score (nSPS) is 12.4. The third kappa shape index (κ3) is 20.3. The predicted octanol–water partition coefficient (Wildman–Crippen LogP) is 22.9. The van der Waals surface area contributed by atoms with Crippen molar-refractivity contribution in [3.8, 4) is 56.3 Å². The molecule has 0 aliphatic carbocycles. The van der Waals surface area contributed by atoms with Crippen LogP contribution in [-0.4, -0.2) is 0 Å². The summed E-state index contributed by atoms with van der Waals surface area (Å²) in [6.07, 6.45) is 19.7. The van der Waals surface area contributed by atoms with Crippen molar-refractivity contribution >= 4 is 0 Å². The zero-order chi connectivity index (χ0) is 77.0. The van der Waals surface area contributed by atoms with Crippen LogP contribution >= 0.6 is 0 Å². The summed E-state index contributed by atoms with van der Waals surface area (Å²) >= 11 is 0. The lowest BCUT2D eigenvalue weighted by atomic mass is 9.90. The fourth-order valence-corrected chi connectivity index (χ4v) is 14.0. The number of rotatable bonds is 20. The van der Waals surface area contributed by atoms with Gasteiger partial charge in [-0.2, -0.15) is 0 Å². The van der Waals surface area contributed by atoms with E-state index in [-0.39, 0.29) is 5.56 Å². The largest absolute Gasteiger partial charge is 0.212 e. The van der Waals surface area contributed by atoms with Crippen LogP contribution in [0.1, 0.15) is 244 Å².